The van der Waals surface area contributed by atoms with Crippen LogP contribution in [0.25, 0.3) is 22.5 Å². The number of nitrogens with one attached hydrogen (secondary N) is 1. The molecular formula is C28H33N7O. The molecule has 0 saturated carbocycles. The van der Waals surface area contributed by atoms with E-state index in [0.717, 1.165) is 66.3 Å². The summed E-state index contributed by atoms with van der Waals surface area (Å²) < 4.78 is 0. The van der Waals surface area contributed by atoms with Gasteiger partial charge in [0.2, 0.25) is 0 Å². The van der Waals surface area contributed by atoms with Gasteiger partial charge in [0, 0.05) is 24.1 Å². The number of benzene rings is 2. The second-order valence-electron chi connectivity index (χ2n) is 9.77. The fourth-order valence-electron chi connectivity index (χ4n) is 4.83. The van der Waals surface area contributed by atoms with Gasteiger partial charge >= 0.3 is 0 Å². The summed E-state index contributed by atoms with van der Waals surface area (Å²) in [6, 6.07) is 16.9. The van der Waals surface area contributed by atoms with Crippen molar-refractivity contribution < 1.29 is 5.11 Å². The average Bonchev–Trinajstić information content (AvgIpc) is 3.41. The number of H-pyrrole nitrogens is 1. The highest BCUT2D eigenvalue weighted by atomic mass is 16.3. The zero-order valence-corrected chi connectivity index (χ0v) is 21.1. The standard InChI is InChI=1S/C28H33N7O/c1-18-8-12-21(13-9-18)26-27(22-14-10-19(2)11-15-22)30-28-23(36)17-35(20(3)25(28)29-26)16-6-4-5-7-24-31-33-34-32-24/h8-15,20,23,36H,4-7,16-17H2,1-3H3,(H,31,32,33,34). The molecule has 0 spiro atoms. The van der Waals surface area contributed by atoms with Crippen LogP contribution in [0.5, 0.6) is 0 Å². The van der Waals surface area contributed by atoms with Crippen molar-refractivity contribution >= 4 is 0 Å². The van der Waals surface area contributed by atoms with Crippen molar-refractivity contribution in [3.05, 3.63) is 76.9 Å². The fourth-order valence-corrected chi connectivity index (χ4v) is 4.83. The molecule has 2 N–H and O–H groups in total. The summed E-state index contributed by atoms with van der Waals surface area (Å²) in [5, 5.41) is 25.1. The first kappa shape index (κ1) is 24.2. The molecule has 2 aromatic carbocycles. The van der Waals surface area contributed by atoms with E-state index >= 15 is 0 Å². The Bertz CT molecular complexity index is 1290. The summed E-state index contributed by atoms with van der Waals surface area (Å²) in [5.74, 6) is 0.828. The maximum absolute atomic E-state index is 11.1. The molecule has 3 heterocycles. The largest absolute Gasteiger partial charge is 0.385 e. The number of aliphatic hydroxyl groups excluding tert-OH is 1. The predicted octanol–water partition coefficient (Wildman–Crippen LogP) is 4.76. The number of unbranched alkanes of at least 4 members (excludes halogenated alkanes) is 2. The van der Waals surface area contributed by atoms with Gasteiger partial charge in [0.05, 0.1) is 28.8 Å². The SMILES string of the molecule is Cc1ccc(-c2nc3c(nc2-c2ccc(C)cc2)C(C)N(CCCCCc2nnn[nH]2)CC3O)cc1. The molecule has 4 aromatic rings. The number of hydrogen-bond donors (Lipinski definition) is 2. The van der Waals surface area contributed by atoms with E-state index in [9.17, 15) is 5.11 Å². The maximum Gasteiger partial charge on any atom is 0.148 e. The van der Waals surface area contributed by atoms with Gasteiger partial charge in [-0.1, -0.05) is 66.1 Å². The normalized spacial score (nSPS) is 17.8. The van der Waals surface area contributed by atoms with Gasteiger partial charge in [0.1, 0.15) is 11.9 Å². The van der Waals surface area contributed by atoms with Gasteiger partial charge in [-0.2, -0.15) is 0 Å². The summed E-state index contributed by atoms with van der Waals surface area (Å²) in [5.41, 5.74) is 7.69. The van der Waals surface area contributed by atoms with Crippen molar-refractivity contribution in [2.45, 2.75) is 58.6 Å². The molecule has 0 saturated heterocycles. The highest BCUT2D eigenvalue weighted by Crippen LogP contribution is 2.38. The van der Waals surface area contributed by atoms with Crippen molar-refractivity contribution in [2.24, 2.45) is 0 Å². The number of aromatic nitrogens is 6. The van der Waals surface area contributed by atoms with Gasteiger partial charge in [-0.05, 0) is 50.6 Å². The maximum atomic E-state index is 11.1. The molecule has 0 radical (unpaired) electrons. The van der Waals surface area contributed by atoms with Gasteiger partial charge in [-0.25, -0.2) is 15.1 Å². The Balaban J connectivity index is 1.41. The summed E-state index contributed by atoms with van der Waals surface area (Å²) in [6.45, 7) is 7.79. The third kappa shape index (κ3) is 5.20. The van der Waals surface area contributed by atoms with Crippen molar-refractivity contribution in [2.75, 3.05) is 13.1 Å². The summed E-state index contributed by atoms with van der Waals surface area (Å²) in [6.07, 6.45) is 3.31. The Morgan fingerprint density at radius 3 is 2.06 bits per heavy atom. The van der Waals surface area contributed by atoms with Crippen molar-refractivity contribution in [1.29, 1.82) is 0 Å². The second kappa shape index (κ2) is 10.6. The molecule has 2 atom stereocenters. The van der Waals surface area contributed by atoms with Crippen molar-refractivity contribution in [3.8, 4) is 22.5 Å². The third-order valence-electron chi connectivity index (χ3n) is 7.02. The quantitative estimate of drug-likeness (QED) is 0.348. The summed E-state index contributed by atoms with van der Waals surface area (Å²) in [4.78, 5) is 12.6. The van der Waals surface area contributed by atoms with Crippen molar-refractivity contribution in [3.63, 3.8) is 0 Å². The molecule has 2 unspecified atom stereocenters. The lowest BCUT2D eigenvalue weighted by molar-refractivity contribution is 0.0645. The first-order chi connectivity index (χ1) is 17.5. The van der Waals surface area contributed by atoms with Crippen molar-refractivity contribution in [1.82, 2.24) is 35.5 Å². The molecule has 2 aromatic heterocycles. The van der Waals surface area contributed by atoms with E-state index in [4.69, 9.17) is 9.97 Å². The van der Waals surface area contributed by atoms with E-state index in [2.05, 4.69) is 94.8 Å². The Hall–Kier alpha value is -3.49. The molecule has 8 nitrogen and oxygen atoms in total. The number of aryl methyl sites for hydroxylation is 3. The van der Waals surface area contributed by atoms with Gasteiger partial charge < -0.3 is 5.11 Å². The van der Waals surface area contributed by atoms with Crippen LogP contribution >= 0.6 is 0 Å². The number of fused-ring (bicyclic) bond motifs is 1. The van der Waals surface area contributed by atoms with E-state index in [1.54, 1.807) is 0 Å². The zero-order valence-electron chi connectivity index (χ0n) is 21.1. The highest BCUT2D eigenvalue weighted by molar-refractivity contribution is 5.78. The monoisotopic (exact) mass is 483 g/mol. The molecule has 0 bridgehead atoms. The first-order valence-corrected chi connectivity index (χ1v) is 12.7. The van der Waals surface area contributed by atoms with Crippen LogP contribution in [-0.2, 0) is 6.42 Å². The number of β-amino-alcohol motifs (C(OH)–C–C–N with tert-alkyl or cyclic N) is 1. The number of hydrogen-bond acceptors (Lipinski definition) is 7. The Labute approximate surface area is 211 Å². The molecule has 36 heavy (non-hydrogen) atoms. The van der Waals surface area contributed by atoms with E-state index in [1.807, 2.05) is 0 Å². The van der Waals surface area contributed by atoms with Crippen LogP contribution in [0.15, 0.2) is 48.5 Å². The van der Waals surface area contributed by atoms with E-state index < -0.39 is 6.10 Å². The van der Waals surface area contributed by atoms with E-state index in [0.29, 0.717) is 12.2 Å². The number of aromatic amines is 1. The van der Waals surface area contributed by atoms with Crippen LogP contribution in [0.3, 0.4) is 0 Å². The third-order valence-corrected chi connectivity index (χ3v) is 7.02. The van der Waals surface area contributed by atoms with Crippen LogP contribution in [0.4, 0.5) is 0 Å². The lowest BCUT2D eigenvalue weighted by Gasteiger charge is -2.37. The van der Waals surface area contributed by atoms with E-state index in [1.165, 1.54) is 11.1 Å². The summed E-state index contributed by atoms with van der Waals surface area (Å²) in [7, 11) is 0. The van der Waals surface area contributed by atoms with Crippen LogP contribution in [0.1, 0.15) is 66.7 Å². The highest BCUT2D eigenvalue weighted by Gasteiger charge is 2.33. The predicted molar refractivity (Wildman–Crippen MR) is 139 cm³/mol. The summed E-state index contributed by atoms with van der Waals surface area (Å²) >= 11 is 0. The molecule has 8 heteroatoms. The first-order valence-electron chi connectivity index (χ1n) is 12.7. The van der Waals surface area contributed by atoms with Crippen LogP contribution in [0, 0.1) is 13.8 Å². The van der Waals surface area contributed by atoms with Gasteiger partial charge in [0.25, 0.3) is 0 Å². The molecule has 186 valence electrons. The number of tetrazole rings is 1. The molecular weight excluding hydrogens is 450 g/mol. The molecule has 0 amide bonds. The topological polar surface area (TPSA) is 104 Å². The van der Waals surface area contributed by atoms with Gasteiger partial charge in [-0.15, -0.1) is 5.10 Å². The zero-order chi connectivity index (χ0) is 25.1. The number of nitrogens with zero attached hydrogens (tertiary/aromatic N) is 6. The molecule has 1 aliphatic rings. The minimum atomic E-state index is -0.666. The molecule has 1 aliphatic heterocycles. The smallest absolute Gasteiger partial charge is 0.148 e. The average molecular weight is 484 g/mol. The lowest BCUT2D eigenvalue weighted by Crippen LogP contribution is -2.38. The Kier molecular flexibility index (Phi) is 7.16. The minimum absolute atomic E-state index is 0.0747. The lowest BCUT2D eigenvalue weighted by atomic mass is 9.96. The number of aliphatic hydroxyl groups is 1. The molecule has 0 fully saturated rings. The molecule has 0 aliphatic carbocycles. The van der Waals surface area contributed by atoms with Crippen LogP contribution < -0.4 is 0 Å². The van der Waals surface area contributed by atoms with Crippen LogP contribution in [0.2, 0.25) is 0 Å². The number of rotatable bonds is 8. The van der Waals surface area contributed by atoms with Gasteiger partial charge in [-0.3, -0.25) is 4.90 Å². The Morgan fingerprint density at radius 1 is 0.861 bits per heavy atom. The fraction of sp³-hybridized carbons (Fsp3) is 0.393. The minimum Gasteiger partial charge on any atom is -0.385 e. The second-order valence-corrected chi connectivity index (χ2v) is 9.77. The Morgan fingerprint density at radius 2 is 1.47 bits per heavy atom. The van der Waals surface area contributed by atoms with Gasteiger partial charge in [0.15, 0.2) is 0 Å². The molecule has 5 rings (SSSR count). The van der Waals surface area contributed by atoms with Crippen LogP contribution in [-0.4, -0.2) is 53.7 Å². The van der Waals surface area contributed by atoms with E-state index in [-0.39, 0.29) is 6.04 Å².